The van der Waals surface area contributed by atoms with Crippen molar-refractivity contribution in [3.63, 3.8) is 0 Å². The molecule has 0 saturated carbocycles. The first kappa shape index (κ1) is 15.4. The van der Waals surface area contributed by atoms with Gasteiger partial charge >= 0.3 is 0 Å². The lowest BCUT2D eigenvalue weighted by atomic mass is 10.2. The molecule has 4 nitrogen and oxygen atoms in total. The Morgan fingerprint density at radius 2 is 1.89 bits per heavy atom. The van der Waals surface area contributed by atoms with Gasteiger partial charge in [0.05, 0.1) is 18.2 Å². The van der Waals surface area contributed by atoms with Crippen molar-refractivity contribution in [1.29, 1.82) is 10.7 Å². The van der Waals surface area contributed by atoms with Crippen LogP contribution in [0.2, 0.25) is 0 Å². The van der Waals surface area contributed by atoms with E-state index in [0.29, 0.717) is 12.2 Å². The first-order valence-corrected chi connectivity index (χ1v) is 7.30. The zero-order chi connectivity index (χ0) is 13.9. The van der Waals surface area contributed by atoms with Crippen molar-refractivity contribution in [3.8, 4) is 11.8 Å². The summed E-state index contributed by atoms with van der Waals surface area (Å²) in [7, 11) is 0. The largest absolute Gasteiger partial charge is 0.494 e. The summed E-state index contributed by atoms with van der Waals surface area (Å²) in [5.74, 6) is 1.73. The van der Waals surface area contributed by atoms with Crippen LogP contribution in [0.3, 0.4) is 0 Å². The highest BCUT2D eigenvalue weighted by molar-refractivity contribution is 8.13. The highest BCUT2D eigenvalue weighted by atomic mass is 32.2. The number of hydrogen-bond acceptors (Lipinski definition) is 4. The molecule has 0 unspecified atom stereocenters. The minimum absolute atomic E-state index is 0.198. The number of nitrogens with zero attached hydrogens (tertiary/aromatic N) is 1. The molecule has 0 radical (unpaired) electrons. The average molecular weight is 277 g/mol. The third-order valence-corrected chi connectivity index (χ3v) is 3.35. The van der Waals surface area contributed by atoms with Crippen LogP contribution in [0.1, 0.15) is 31.2 Å². The van der Waals surface area contributed by atoms with Gasteiger partial charge in [-0.05, 0) is 37.1 Å². The van der Waals surface area contributed by atoms with E-state index in [4.69, 9.17) is 21.1 Å². The topological polar surface area (TPSA) is 82.9 Å². The molecule has 0 aliphatic rings. The zero-order valence-corrected chi connectivity index (χ0v) is 11.7. The van der Waals surface area contributed by atoms with Crippen LogP contribution in [0.15, 0.2) is 24.3 Å². The van der Waals surface area contributed by atoms with Crippen molar-refractivity contribution in [3.05, 3.63) is 29.8 Å². The molecule has 1 aromatic rings. The lowest BCUT2D eigenvalue weighted by Gasteiger charge is -2.06. The van der Waals surface area contributed by atoms with Crippen LogP contribution in [0.5, 0.6) is 5.75 Å². The van der Waals surface area contributed by atoms with Crippen LogP contribution in [0.4, 0.5) is 0 Å². The van der Waals surface area contributed by atoms with Crippen molar-refractivity contribution in [2.75, 3.05) is 12.4 Å². The van der Waals surface area contributed by atoms with Crippen LogP contribution >= 0.6 is 11.8 Å². The number of nitrogens with two attached hydrogens (primary N) is 1. The Bertz CT molecular complexity index is 425. The van der Waals surface area contributed by atoms with E-state index in [1.165, 1.54) is 11.8 Å². The van der Waals surface area contributed by atoms with Crippen LogP contribution < -0.4 is 10.5 Å². The Hall–Kier alpha value is -1.67. The van der Waals surface area contributed by atoms with Crippen molar-refractivity contribution in [1.82, 2.24) is 0 Å². The van der Waals surface area contributed by atoms with E-state index in [-0.39, 0.29) is 5.17 Å². The first-order chi connectivity index (χ1) is 9.22. The molecule has 0 aliphatic carbocycles. The first-order valence-electron chi connectivity index (χ1n) is 6.32. The normalized spacial score (nSPS) is 9.84. The number of benzene rings is 1. The van der Waals surface area contributed by atoms with E-state index < -0.39 is 0 Å². The Balaban J connectivity index is 2.01. The highest BCUT2D eigenvalue weighted by Crippen LogP contribution is 2.12. The minimum atomic E-state index is 0.198. The van der Waals surface area contributed by atoms with Gasteiger partial charge in [-0.25, -0.2) is 0 Å². The smallest absolute Gasteiger partial charge is 0.151 e. The van der Waals surface area contributed by atoms with Crippen LogP contribution in [-0.2, 0) is 0 Å². The maximum atomic E-state index is 8.67. The molecule has 1 aromatic carbocycles. The van der Waals surface area contributed by atoms with Gasteiger partial charge < -0.3 is 10.5 Å². The van der Waals surface area contributed by atoms with Gasteiger partial charge in [-0.1, -0.05) is 24.6 Å². The molecule has 0 heterocycles. The molecule has 5 heteroatoms. The minimum Gasteiger partial charge on any atom is -0.494 e. The quantitative estimate of drug-likeness (QED) is 0.434. The second-order valence-electron chi connectivity index (χ2n) is 4.11. The van der Waals surface area contributed by atoms with E-state index in [1.807, 2.05) is 12.1 Å². The number of rotatable bonds is 8. The van der Waals surface area contributed by atoms with E-state index in [9.17, 15) is 0 Å². The summed E-state index contributed by atoms with van der Waals surface area (Å²) in [4.78, 5) is 0. The van der Waals surface area contributed by atoms with E-state index in [0.717, 1.165) is 37.2 Å². The van der Waals surface area contributed by atoms with Gasteiger partial charge in [0.25, 0.3) is 0 Å². The van der Waals surface area contributed by atoms with Crippen molar-refractivity contribution >= 4 is 16.9 Å². The third kappa shape index (κ3) is 7.37. The molecule has 0 aliphatic heterocycles. The van der Waals surface area contributed by atoms with Crippen molar-refractivity contribution in [2.45, 2.75) is 25.7 Å². The SMILES string of the molecule is N#Cc1ccc(OCCCCCCSC(=N)N)cc1. The van der Waals surface area contributed by atoms with Gasteiger partial charge in [0.2, 0.25) is 0 Å². The summed E-state index contributed by atoms with van der Waals surface area (Å²) >= 11 is 1.40. The molecule has 0 bridgehead atoms. The molecule has 19 heavy (non-hydrogen) atoms. The number of nitrogens with one attached hydrogen (secondary N) is 1. The molecular weight excluding hydrogens is 258 g/mol. The number of nitriles is 1. The van der Waals surface area contributed by atoms with E-state index >= 15 is 0 Å². The maximum Gasteiger partial charge on any atom is 0.151 e. The van der Waals surface area contributed by atoms with Gasteiger partial charge in [0, 0.05) is 5.75 Å². The van der Waals surface area contributed by atoms with Crippen LogP contribution in [0, 0.1) is 16.7 Å². The fourth-order valence-electron chi connectivity index (χ4n) is 1.56. The van der Waals surface area contributed by atoms with E-state index in [1.54, 1.807) is 12.1 Å². The fourth-order valence-corrected chi connectivity index (χ4v) is 2.12. The van der Waals surface area contributed by atoms with Gasteiger partial charge in [-0.2, -0.15) is 5.26 Å². The second-order valence-corrected chi connectivity index (χ2v) is 5.25. The number of hydrogen-bond donors (Lipinski definition) is 2. The lowest BCUT2D eigenvalue weighted by molar-refractivity contribution is 0.305. The Morgan fingerprint density at radius 3 is 2.53 bits per heavy atom. The number of ether oxygens (including phenoxy) is 1. The predicted molar refractivity (Wildman–Crippen MR) is 79.5 cm³/mol. The summed E-state index contributed by atoms with van der Waals surface area (Å²) in [5, 5.41) is 15.9. The van der Waals surface area contributed by atoms with Gasteiger partial charge in [-0.3, -0.25) is 5.41 Å². The molecule has 0 saturated heterocycles. The lowest BCUT2D eigenvalue weighted by Crippen LogP contribution is -2.04. The summed E-state index contributed by atoms with van der Waals surface area (Å²) in [6, 6.07) is 9.24. The molecule has 0 fully saturated rings. The molecule has 0 spiro atoms. The molecule has 0 aromatic heterocycles. The Morgan fingerprint density at radius 1 is 1.21 bits per heavy atom. The fraction of sp³-hybridized carbons (Fsp3) is 0.429. The summed E-state index contributed by atoms with van der Waals surface area (Å²) in [6.07, 6.45) is 4.36. The predicted octanol–water partition coefficient (Wildman–Crippen LogP) is 3.12. The molecule has 102 valence electrons. The number of thioether (sulfide) groups is 1. The summed E-state index contributed by atoms with van der Waals surface area (Å²) in [5.41, 5.74) is 5.89. The molecule has 0 amide bonds. The Labute approximate surface area is 118 Å². The van der Waals surface area contributed by atoms with Crippen LogP contribution in [-0.4, -0.2) is 17.5 Å². The number of amidine groups is 1. The Kier molecular flexibility index (Phi) is 7.52. The van der Waals surface area contributed by atoms with Gasteiger partial charge in [0.1, 0.15) is 5.75 Å². The maximum absolute atomic E-state index is 8.67. The van der Waals surface area contributed by atoms with E-state index in [2.05, 4.69) is 6.07 Å². The van der Waals surface area contributed by atoms with Gasteiger partial charge in [0.15, 0.2) is 5.17 Å². The third-order valence-electron chi connectivity index (χ3n) is 2.55. The summed E-state index contributed by atoms with van der Waals surface area (Å²) < 4.78 is 5.58. The standard InChI is InChI=1S/C14H19N3OS/c15-11-12-5-7-13(8-6-12)18-9-3-1-2-4-10-19-14(16)17/h5-8H,1-4,9-10H2,(H3,16,17). The van der Waals surface area contributed by atoms with Crippen molar-refractivity contribution < 1.29 is 4.74 Å². The van der Waals surface area contributed by atoms with Crippen LogP contribution in [0.25, 0.3) is 0 Å². The number of unbranched alkanes of at least 4 members (excludes halogenated alkanes) is 3. The van der Waals surface area contributed by atoms with Crippen molar-refractivity contribution in [2.24, 2.45) is 5.73 Å². The molecule has 3 N–H and O–H groups in total. The molecule has 1 rings (SSSR count). The monoisotopic (exact) mass is 277 g/mol. The average Bonchev–Trinajstić information content (AvgIpc) is 2.42. The summed E-state index contributed by atoms with van der Waals surface area (Å²) in [6.45, 7) is 0.700. The highest BCUT2D eigenvalue weighted by Gasteiger charge is 1.96. The molecular formula is C14H19N3OS. The second kappa shape index (κ2) is 9.29. The van der Waals surface area contributed by atoms with Gasteiger partial charge in [-0.15, -0.1) is 0 Å². The zero-order valence-electron chi connectivity index (χ0n) is 10.9. The molecule has 0 atom stereocenters.